The maximum absolute atomic E-state index is 13.6. The lowest BCUT2D eigenvalue weighted by atomic mass is 9.87. The minimum absolute atomic E-state index is 0.00484. The molecule has 10 nitrogen and oxygen atoms in total. The first kappa shape index (κ1) is 30.1. The third-order valence-electron chi connectivity index (χ3n) is 6.87. The number of pyridine rings is 1. The zero-order valence-electron chi connectivity index (χ0n) is 23.5. The third kappa shape index (κ3) is 6.39. The number of benzene rings is 1. The normalized spacial score (nSPS) is 20.5. The Balaban J connectivity index is 1.67. The smallest absolute Gasteiger partial charge is 0.408 e. The van der Waals surface area contributed by atoms with E-state index in [0.717, 1.165) is 4.90 Å². The highest BCUT2D eigenvalue weighted by Crippen LogP contribution is 2.39. The number of H-pyrrole nitrogens is 1. The number of rotatable bonds is 7. The van der Waals surface area contributed by atoms with E-state index in [1.54, 1.807) is 31.5 Å². The van der Waals surface area contributed by atoms with E-state index in [1.807, 2.05) is 0 Å². The summed E-state index contributed by atoms with van der Waals surface area (Å²) in [5.41, 5.74) is -1.18. The number of hydrogen-bond donors (Lipinski definition) is 2. The molecule has 0 radical (unpaired) electrons. The lowest BCUT2D eigenvalue weighted by molar-refractivity contribution is -0.179. The highest BCUT2D eigenvalue weighted by Gasteiger charge is 2.44. The van der Waals surface area contributed by atoms with Crippen molar-refractivity contribution in [1.29, 1.82) is 5.26 Å². The summed E-state index contributed by atoms with van der Waals surface area (Å²) >= 11 is 0. The second-order valence-corrected chi connectivity index (χ2v) is 11.4. The molecule has 0 spiro atoms. The lowest BCUT2D eigenvalue weighted by Gasteiger charge is -2.39. The molecule has 0 aliphatic carbocycles. The molecule has 2 aromatic heterocycles. The predicted molar refractivity (Wildman–Crippen MR) is 146 cm³/mol. The van der Waals surface area contributed by atoms with Crippen LogP contribution in [0.5, 0.6) is 0 Å². The predicted octanol–water partition coefficient (Wildman–Crippen LogP) is 4.76. The summed E-state index contributed by atoms with van der Waals surface area (Å²) in [4.78, 5) is 29.2. The van der Waals surface area contributed by atoms with E-state index in [4.69, 9.17) is 9.47 Å². The van der Waals surface area contributed by atoms with Crippen LogP contribution in [0.4, 0.5) is 24.7 Å². The maximum Gasteiger partial charge on any atom is 0.408 e. The standard InChI is InChI=1S/C28H33F3N6O4/c1-26(2,3)41-25(39)20-10-12-27(13-14-32,16-40-20)37-19-11-15-33-24(38)21(19)23(35-37)34-18-8-6-17(7-9-18)22(36(4)5)28(29,30)31/h6-9,11,15,20,22H,10,12-13,16H2,1-5H3,(H,33,38)(H,34,35)/t20-,22-,27-/m0/s1. The van der Waals surface area contributed by atoms with Gasteiger partial charge in [0, 0.05) is 11.9 Å². The van der Waals surface area contributed by atoms with Crippen molar-refractivity contribution in [3.8, 4) is 6.07 Å². The van der Waals surface area contributed by atoms with Gasteiger partial charge in [0.25, 0.3) is 5.56 Å². The summed E-state index contributed by atoms with van der Waals surface area (Å²) in [6.07, 6.45) is -3.17. The minimum atomic E-state index is -4.46. The van der Waals surface area contributed by atoms with Crippen LogP contribution < -0.4 is 10.9 Å². The van der Waals surface area contributed by atoms with Crippen LogP contribution in [0.3, 0.4) is 0 Å². The van der Waals surface area contributed by atoms with Gasteiger partial charge in [-0.2, -0.15) is 23.5 Å². The van der Waals surface area contributed by atoms with E-state index in [-0.39, 0.29) is 36.2 Å². The molecule has 0 unspecified atom stereocenters. The van der Waals surface area contributed by atoms with Gasteiger partial charge in [0.15, 0.2) is 11.9 Å². The highest BCUT2D eigenvalue weighted by molar-refractivity contribution is 5.91. The number of ether oxygens (including phenoxy) is 2. The van der Waals surface area contributed by atoms with Gasteiger partial charge in [-0.1, -0.05) is 12.1 Å². The Hall–Kier alpha value is -3.89. The molecule has 1 saturated heterocycles. The van der Waals surface area contributed by atoms with Crippen molar-refractivity contribution in [3.05, 3.63) is 52.4 Å². The maximum atomic E-state index is 13.6. The molecule has 1 aliphatic heterocycles. The third-order valence-corrected chi connectivity index (χ3v) is 6.87. The number of nitrogens with one attached hydrogen (secondary N) is 2. The molecule has 220 valence electrons. The van der Waals surface area contributed by atoms with Gasteiger partial charge in [-0.15, -0.1) is 0 Å². The molecule has 1 aliphatic rings. The van der Waals surface area contributed by atoms with Crippen LogP contribution in [0.1, 0.15) is 51.6 Å². The monoisotopic (exact) mass is 574 g/mol. The van der Waals surface area contributed by atoms with Gasteiger partial charge in [-0.05, 0) is 71.5 Å². The second-order valence-electron chi connectivity index (χ2n) is 11.4. The minimum Gasteiger partial charge on any atom is -0.458 e. The molecule has 13 heteroatoms. The van der Waals surface area contributed by atoms with Crippen molar-refractivity contribution in [2.75, 3.05) is 26.0 Å². The molecule has 0 saturated carbocycles. The molecule has 4 rings (SSSR count). The molecule has 1 fully saturated rings. The fraction of sp³-hybridized carbons (Fsp3) is 0.500. The molecule has 0 amide bonds. The largest absolute Gasteiger partial charge is 0.458 e. The number of alkyl halides is 3. The molecular weight excluding hydrogens is 541 g/mol. The van der Waals surface area contributed by atoms with Gasteiger partial charge >= 0.3 is 12.1 Å². The highest BCUT2D eigenvalue weighted by atomic mass is 19.4. The summed E-state index contributed by atoms with van der Waals surface area (Å²) in [5.74, 6) is -0.321. The van der Waals surface area contributed by atoms with Gasteiger partial charge in [0.1, 0.15) is 17.0 Å². The number of aromatic nitrogens is 3. The first-order valence-corrected chi connectivity index (χ1v) is 13.1. The summed E-state index contributed by atoms with van der Waals surface area (Å²) in [7, 11) is 2.72. The number of halogens is 3. The Morgan fingerprint density at radius 2 is 1.98 bits per heavy atom. The van der Waals surface area contributed by atoms with E-state index in [0.29, 0.717) is 17.6 Å². The Morgan fingerprint density at radius 3 is 2.51 bits per heavy atom. The molecule has 2 N–H and O–H groups in total. The van der Waals surface area contributed by atoms with Crippen molar-refractivity contribution in [2.45, 2.75) is 69.5 Å². The van der Waals surface area contributed by atoms with E-state index in [2.05, 4.69) is 21.5 Å². The van der Waals surface area contributed by atoms with Gasteiger partial charge < -0.3 is 19.8 Å². The number of hydrogen-bond acceptors (Lipinski definition) is 8. The number of carbonyl (C=O) groups excluding carboxylic acids is 1. The van der Waals surface area contributed by atoms with Crippen LogP contribution in [0.15, 0.2) is 41.3 Å². The molecule has 3 aromatic rings. The summed E-state index contributed by atoms with van der Waals surface area (Å²) in [5, 5.41) is 17.6. The molecule has 41 heavy (non-hydrogen) atoms. The Bertz CT molecular complexity index is 1490. The number of nitrogens with zero attached hydrogens (tertiary/aromatic N) is 4. The first-order chi connectivity index (χ1) is 19.1. The van der Waals surface area contributed by atoms with Crippen molar-refractivity contribution in [2.24, 2.45) is 0 Å². The van der Waals surface area contributed by atoms with Crippen molar-refractivity contribution < 1.29 is 27.4 Å². The van der Waals surface area contributed by atoms with Gasteiger partial charge in [-0.3, -0.25) is 14.4 Å². The van der Waals surface area contributed by atoms with Crippen molar-refractivity contribution >= 4 is 28.4 Å². The molecule has 3 atom stereocenters. The molecule has 0 bridgehead atoms. The fourth-order valence-electron chi connectivity index (χ4n) is 5.08. The molecule has 3 heterocycles. The van der Waals surface area contributed by atoms with E-state index < -0.39 is 41.0 Å². The number of esters is 1. The van der Waals surface area contributed by atoms with Crippen LogP contribution >= 0.6 is 0 Å². The first-order valence-electron chi connectivity index (χ1n) is 13.1. The molecular formula is C28H33F3N6O4. The fourth-order valence-corrected chi connectivity index (χ4v) is 5.08. The van der Waals surface area contributed by atoms with E-state index in [9.17, 15) is 28.0 Å². The summed E-state index contributed by atoms with van der Waals surface area (Å²) in [6, 6.07) is 7.76. The Labute approximate surface area is 235 Å². The Morgan fingerprint density at radius 1 is 1.29 bits per heavy atom. The zero-order valence-corrected chi connectivity index (χ0v) is 23.5. The topological polar surface area (TPSA) is 125 Å². The van der Waals surface area contributed by atoms with E-state index >= 15 is 0 Å². The summed E-state index contributed by atoms with van der Waals surface area (Å²) < 4.78 is 53.7. The average molecular weight is 575 g/mol. The molecule has 1 aromatic carbocycles. The Kier molecular flexibility index (Phi) is 8.20. The van der Waals surface area contributed by atoms with Crippen molar-refractivity contribution in [3.63, 3.8) is 0 Å². The van der Waals surface area contributed by atoms with Crippen LogP contribution in [-0.2, 0) is 19.8 Å². The SMILES string of the molecule is CN(C)[C@@H](c1ccc(Nc2nn([C@]3(CC#N)CC[C@@H](C(=O)OC(C)(C)C)OC3)c3cc[nH]c(=O)c23)cc1)C(F)(F)F. The average Bonchev–Trinajstić information content (AvgIpc) is 3.24. The van der Waals surface area contributed by atoms with Crippen molar-refractivity contribution in [1.82, 2.24) is 19.7 Å². The van der Waals surface area contributed by atoms with Gasteiger partial charge in [-0.25, -0.2) is 4.79 Å². The van der Waals surface area contributed by atoms with Crippen LogP contribution in [-0.4, -0.2) is 64.2 Å². The van der Waals surface area contributed by atoms with Crippen LogP contribution in [0.2, 0.25) is 0 Å². The number of aromatic amines is 1. The van der Waals surface area contributed by atoms with Gasteiger partial charge in [0.05, 0.1) is 30.2 Å². The number of fused-ring (bicyclic) bond motifs is 1. The number of carbonyl (C=O) groups is 1. The van der Waals surface area contributed by atoms with E-state index in [1.165, 1.54) is 44.6 Å². The van der Waals surface area contributed by atoms with Crippen LogP contribution in [0.25, 0.3) is 10.9 Å². The summed E-state index contributed by atoms with van der Waals surface area (Å²) in [6.45, 7) is 5.27. The quantitative estimate of drug-likeness (QED) is 0.387. The number of anilines is 2. The van der Waals surface area contributed by atoms with Crippen LogP contribution in [0, 0.1) is 11.3 Å². The number of nitriles is 1. The van der Waals surface area contributed by atoms with Gasteiger partial charge in [0.2, 0.25) is 0 Å². The lowest BCUT2D eigenvalue weighted by Crippen LogP contribution is -2.47. The zero-order chi connectivity index (χ0) is 30.2. The second kappa shape index (κ2) is 11.2.